The van der Waals surface area contributed by atoms with E-state index in [1.165, 1.54) is 18.2 Å². The molecule has 0 saturated carbocycles. The van der Waals surface area contributed by atoms with Crippen LogP contribution in [-0.2, 0) is 16.6 Å². The van der Waals surface area contributed by atoms with E-state index in [4.69, 9.17) is 0 Å². The molecule has 0 fully saturated rings. The van der Waals surface area contributed by atoms with Crippen molar-refractivity contribution < 1.29 is 14.3 Å². The first-order chi connectivity index (χ1) is 9.02. The SMILES string of the molecule is CC(Cc1ccncc1)(C(=O)O)c1cccc(F)c1. The van der Waals surface area contributed by atoms with Gasteiger partial charge >= 0.3 is 5.97 Å². The summed E-state index contributed by atoms with van der Waals surface area (Å²) in [5.41, 5.74) is 0.143. The van der Waals surface area contributed by atoms with Crippen LogP contribution in [0.15, 0.2) is 48.8 Å². The van der Waals surface area contributed by atoms with E-state index in [1.807, 2.05) is 0 Å². The Kier molecular flexibility index (Phi) is 3.60. The summed E-state index contributed by atoms with van der Waals surface area (Å²) < 4.78 is 13.3. The van der Waals surface area contributed by atoms with Gasteiger partial charge in [-0.15, -0.1) is 0 Å². The highest BCUT2D eigenvalue weighted by molar-refractivity contribution is 5.81. The maximum Gasteiger partial charge on any atom is 0.314 e. The average molecular weight is 259 g/mol. The third kappa shape index (κ3) is 2.78. The normalized spacial score (nSPS) is 13.8. The standard InChI is InChI=1S/C15H14FNO2/c1-15(14(18)19,10-11-5-7-17-8-6-11)12-3-2-4-13(16)9-12/h2-9H,10H2,1H3,(H,18,19). The van der Waals surface area contributed by atoms with E-state index in [0.29, 0.717) is 5.56 Å². The van der Waals surface area contributed by atoms with Crippen molar-refractivity contribution >= 4 is 5.97 Å². The Morgan fingerprint density at radius 2 is 2.00 bits per heavy atom. The van der Waals surface area contributed by atoms with Gasteiger partial charge in [0.05, 0.1) is 5.41 Å². The second-order valence-electron chi connectivity index (χ2n) is 4.68. The molecule has 4 heteroatoms. The van der Waals surface area contributed by atoms with Gasteiger partial charge in [-0.1, -0.05) is 12.1 Å². The summed E-state index contributed by atoms with van der Waals surface area (Å²) >= 11 is 0. The summed E-state index contributed by atoms with van der Waals surface area (Å²) in [7, 11) is 0. The summed E-state index contributed by atoms with van der Waals surface area (Å²) in [4.78, 5) is 15.5. The van der Waals surface area contributed by atoms with Crippen molar-refractivity contribution in [3.8, 4) is 0 Å². The molecule has 3 nitrogen and oxygen atoms in total. The van der Waals surface area contributed by atoms with Crippen LogP contribution in [0.25, 0.3) is 0 Å². The number of pyridine rings is 1. The molecule has 98 valence electrons. The molecule has 1 N–H and O–H groups in total. The Bertz CT molecular complexity index is 586. The molecular weight excluding hydrogens is 245 g/mol. The molecule has 0 aliphatic carbocycles. The molecule has 2 aromatic rings. The van der Waals surface area contributed by atoms with E-state index in [0.717, 1.165) is 5.56 Å². The lowest BCUT2D eigenvalue weighted by molar-refractivity contribution is -0.143. The van der Waals surface area contributed by atoms with Crippen LogP contribution in [0.4, 0.5) is 4.39 Å². The number of carboxylic acid groups (broad SMARTS) is 1. The van der Waals surface area contributed by atoms with Crippen molar-refractivity contribution in [3.05, 3.63) is 65.7 Å². The van der Waals surface area contributed by atoms with E-state index >= 15 is 0 Å². The fourth-order valence-corrected chi connectivity index (χ4v) is 2.04. The van der Waals surface area contributed by atoms with Gasteiger partial charge in [-0.25, -0.2) is 4.39 Å². The monoisotopic (exact) mass is 259 g/mol. The molecule has 2 rings (SSSR count). The van der Waals surface area contributed by atoms with Crippen LogP contribution in [0.1, 0.15) is 18.1 Å². The van der Waals surface area contributed by atoms with Crippen LogP contribution in [0.2, 0.25) is 0 Å². The molecule has 0 amide bonds. The predicted octanol–water partition coefficient (Wildman–Crippen LogP) is 2.81. The van der Waals surface area contributed by atoms with Gasteiger partial charge in [0.1, 0.15) is 5.82 Å². The van der Waals surface area contributed by atoms with E-state index in [9.17, 15) is 14.3 Å². The number of aliphatic carboxylic acids is 1. The zero-order valence-electron chi connectivity index (χ0n) is 10.5. The number of carboxylic acids is 1. The van der Waals surface area contributed by atoms with Crippen LogP contribution in [0.3, 0.4) is 0 Å². The first-order valence-electron chi connectivity index (χ1n) is 5.91. The summed E-state index contributed by atoms with van der Waals surface area (Å²) in [6.45, 7) is 1.60. The van der Waals surface area contributed by atoms with Crippen molar-refractivity contribution in [2.75, 3.05) is 0 Å². The van der Waals surface area contributed by atoms with Gasteiger partial charge in [-0.2, -0.15) is 0 Å². The molecule has 1 unspecified atom stereocenters. The lowest BCUT2D eigenvalue weighted by Crippen LogP contribution is -2.35. The zero-order chi connectivity index (χ0) is 13.9. The third-order valence-electron chi connectivity index (χ3n) is 3.24. The molecule has 0 spiro atoms. The molecular formula is C15H14FNO2. The van der Waals surface area contributed by atoms with Crippen LogP contribution in [-0.4, -0.2) is 16.1 Å². The van der Waals surface area contributed by atoms with Gasteiger partial charge in [-0.3, -0.25) is 9.78 Å². The fourth-order valence-electron chi connectivity index (χ4n) is 2.04. The number of hydrogen-bond acceptors (Lipinski definition) is 2. The van der Waals surface area contributed by atoms with Gasteiger partial charge in [0, 0.05) is 12.4 Å². The van der Waals surface area contributed by atoms with Gasteiger partial charge in [0.15, 0.2) is 0 Å². The van der Waals surface area contributed by atoms with Crippen LogP contribution in [0, 0.1) is 5.82 Å². The third-order valence-corrected chi connectivity index (χ3v) is 3.24. The van der Waals surface area contributed by atoms with Gasteiger partial charge in [0.2, 0.25) is 0 Å². The Labute approximate surface area is 110 Å². The summed E-state index contributed by atoms with van der Waals surface area (Å²) in [5.74, 6) is -1.41. The number of nitrogens with zero attached hydrogens (tertiary/aromatic N) is 1. The number of aromatic nitrogens is 1. The molecule has 1 atom stereocenters. The van der Waals surface area contributed by atoms with Gasteiger partial charge < -0.3 is 5.11 Å². The predicted molar refractivity (Wildman–Crippen MR) is 69.3 cm³/mol. The van der Waals surface area contributed by atoms with E-state index in [1.54, 1.807) is 37.5 Å². The molecule has 1 aromatic carbocycles. The Balaban J connectivity index is 2.41. The van der Waals surface area contributed by atoms with Gasteiger partial charge in [0.25, 0.3) is 0 Å². The molecule has 1 aromatic heterocycles. The second-order valence-corrected chi connectivity index (χ2v) is 4.68. The number of hydrogen-bond donors (Lipinski definition) is 1. The first kappa shape index (κ1) is 13.2. The Morgan fingerprint density at radius 1 is 1.32 bits per heavy atom. The Morgan fingerprint density at radius 3 is 2.58 bits per heavy atom. The van der Waals surface area contributed by atoms with Crippen LogP contribution >= 0.6 is 0 Å². The molecule has 0 aliphatic heterocycles. The highest BCUT2D eigenvalue weighted by Gasteiger charge is 2.35. The summed E-state index contributed by atoms with van der Waals surface area (Å²) in [6.07, 6.45) is 3.51. The largest absolute Gasteiger partial charge is 0.481 e. The van der Waals surface area contributed by atoms with E-state index in [2.05, 4.69) is 4.98 Å². The molecule has 1 heterocycles. The van der Waals surface area contributed by atoms with Gasteiger partial charge in [-0.05, 0) is 48.7 Å². The highest BCUT2D eigenvalue weighted by Crippen LogP contribution is 2.29. The maximum atomic E-state index is 13.3. The van der Waals surface area contributed by atoms with Crippen molar-refractivity contribution in [3.63, 3.8) is 0 Å². The smallest absolute Gasteiger partial charge is 0.314 e. The quantitative estimate of drug-likeness (QED) is 0.918. The summed E-state index contributed by atoms with van der Waals surface area (Å²) in [6, 6.07) is 9.27. The Hall–Kier alpha value is -2.23. The van der Waals surface area contributed by atoms with Crippen LogP contribution < -0.4 is 0 Å². The molecule has 0 aliphatic rings. The summed E-state index contributed by atoms with van der Waals surface area (Å²) in [5, 5.41) is 9.50. The zero-order valence-corrected chi connectivity index (χ0v) is 10.5. The fraction of sp³-hybridized carbons (Fsp3) is 0.200. The lowest BCUT2D eigenvalue weighted by atomic mass is 9.77. The van der Waals surface area contributed by atoms with Crippen molar-refractivity contribution in [1.29, 1.82) is 0 Å². The second kappa shape index (κ2) is 5.18. The number of rotatable bonds is 4. The van der Waals surface area contributed by atoms with Crippen molar-refractivity contribution in [2.24, 2.45) is 0 Å². The highest BCUT2D eigenvalue weighted by atomic mass is 19.1. The lowest BCUT2D eigenvalue weighted by Gasteiger charge is -2.25. The maximum absolute atomic E-state index is 13.3. The number of benzene rings is 1. The van der Waals surface area contributed by atoms with E-state index < -0.39 is 17.2 Å². The topological polar surface area (TPSA) is 50.2 Å². The molecule has 0 bridgehead atoms. The average Bonchev–Trinajstić information content (AvgIpc) is 2.39. The van der Waals surface area contributed by atoms with Crippen LogP contribution in [0.5, 0.6) is 0 Å². The minimum Gasteiger partial charge on any atom is -0.481 e. The minimum absolute atomic E-state index is 0.286. The number of carbonyl (C=O) groups is 1. The molecule has 0 saturated heterocycles. The number of halogens is 1. The molecule has 0 radical (unpaired) electrons. The molecule has 19 heavy (non-hydrogen) atoms. The minimum atomic E-state index is -1.16. The van der Waals surface area contributed by atoms with E-state index in [-0.39, 0.29) is 6.42 Å². The van der Waals surface area contributed by atoms with Crippen molar-refractivity contribution in [1.82, 2.24) is 4.98 Å². The van der Waals surface area contributed by atoms with Crippen molar-refractivity contribution in [2.45, 2.75) is 18.8 Å². The first-order valence-corrected chi connectivity index (χ1v) is 5.91.